The molecule has 0 heterocycles. The molecule has 2 N–H and O–H groups in total. The second-order valence-corrected chi connectivity index (χ2v) is 5.29. The fourth-order valence-electron chi connectivity index (χ4n) is 1.90. The Morgan fingerprint density at radius 2 is 1.80 bits per heavy atom. The molecule has 1 aliphatic carbocycles. The molecule has 1 fully saturated rings. The van der Waals surface area contributed by atoms with Gasteiger partial charge < -0.3 is 5.73 Å². The highest BCUT2D eigenvalue weighted by Crippen LogP contribution is 2.34. The molecule has 0 saturated heterocycles. The maximum absolute atomic E-state index is 10.9. The quantitative estimate of drug-likeness (QED) is 0.853. The van der Waals surface area contributed by atoms with E-state index in [4.69, 9.17) is 5.73 Å². The van der Waals surface area contributed by atoms with Crippen molar-refractivity contribution in [3.63, 3.8) is 0 Å². The third-order valence-corrected chi connectivity index (χ3v) is 4.09. The van der Waals surface area contributed by atoms with Crippen molar-refractivity contribution in [2.45, 2.75) is 35.8 Å². The van der Waals surface area contributed by atoms with E-state index in [2.05, 4.69) is 0 Å². The van der Waals surface area contributed by atoms with Gasteiger partial charge in [-0.25, -0.2) is 0 Å². The van der Waals surface area contributed by atoms with Gasteiger partial charge >= 0.3 is 0 Å². The molecule has 0 bridgehead atoms. The zero-order valence-corrected chi connectivity index (χ0v) is 9.43. The molecule has 1 amide bonds. The average molecular weight is 221 g/mol. The molecule has 15 heavy (non-hydrogen) atoms. The van der Waals surface area contributed by atoms with Crippen LogP contribution in [-0.4, -0.2) is 11.2 Å². The lowest BCUT2D eigenvalue weighted by Crippen LogP contribution is -2.10. The summed E-state index contributed by atoms with van der Waals surface area (Å²) in [6, 6.07) is 7.59. The maximum Gasteiger partial charge on any atom is 0.248 e. The van der Waals surface area contributed by atoms with Crippen LogP contribution in [-0.2, 0) is 0 Å². The standard InChI is InChI=1S/C12H15NOS/c13-12(14)9-5-7-11(8-6-9)15-10-3-1-2-4-10/h5-8,10H,1-4H2,(H2,13,14). The number of nitrogens with two attached hydrogens (primary N) is 1. The van der Waals surface area contributed by atoms with E-state index in [1.807, 2.05) is 23.9 Å². The molecule has 0 unspecified atom stereocenters. The smallest absolute Gasteiger partial charge is 0.248 e. The number of benzene rings is 1. The molecule has 0 radical (unpaired) electrons. The largest absolute Gasteiger partial charge is 0.366 e. The fraction of sp³-hybridized carbons (Fsp3) is 0.417. The third kappa shape index (κ3) is 2.75. The van der Waals surface area contributed by atoms with E-state index in [9.17, 15) is 4.79 Å². The molecule has 3 heteroatoms. The monoisotopic (exact) mass is 221 g/mol. The van der Waals surface area contributed by atoms with Crippen molar-refractivity contribution in [1.82, 2.24) is 0 Å². The van der Waals surface area contributed by atoms with Gasteiger partial charge in [-0.05, 0) is 37.1 Å². The lowest BCUT2D eigenvalue weighted by atomic mass is 10.2. The highest BCUT2D eigenvalue weighted by Gasteiger charge is 2.15. The van der Waals surface area contributed by atoms with Crippen molar-refractivity contribution in [2.24, 2.45) is 5.73 Å². The normalized spacial score (nSPS) is 16.8. The minimum absolute atomic E-state index is 0.354. The van der Waals surface area contributed by atoms with Gasteiger partial charge in [-0.1, -0.05) is 12.8 Å². The molecule has 2 nitrogen and oxygen atoms in total. The predicted molar refractivity (Wildman–Crippen MR) is 63.1 cm³/mol. The lowest BCUT2D eigenvalue weighted by molar-refractivity contribution is 0.100. The molecule has 1 aromatic carbocycles. The van der Waals surface area contributed by atoms with Gasteiger partial charge in [0.25, 0.3) is 0 Å². The van der Waals surface area contributed by atoms with Gasteiger partial charge in [-0.2, -0.15) is 0 Å². The van der Waals surface area contributed by atoms with Gasteiger partial charge in [0.15, 0.2) is 0 Å². The number of hydrogen-bond acceptors (Lipinski definition) is 2. The van der Waals surface area contributed by atoms with Crippen molar-refractivity contribution in [3.05, 3.63) is 29.8 Å². The molecule has 1 aromatic rings. The van der Waals surface area contributed by atoms with Crippen LogP contribution < -0.4 is 5.73 Å². The van der Waals surface area contributed by atoms with Crippen molar-refractivity contribution >= 4 is 17.7 Å². The van der Waals surface area contributed by atoms with Crippen molar-refractivity contribution < 1.29 is 4.79 Å². The summed E-state index contributed by atoms with van der Waals surface area (Å²) in [5.41, 5.74) is 5.77. The summed E-state index contributed by atoms with van der Waals surface area (Å²) in [7, 11) is 0. The van der Waals surface area contributed by atoms with Crippen LogP contribution >= 0.6 is 11.8 Å². The fourth-order valence-corrected chi connectivity index (χ4v) is 3.14. The van der Waals surface area contributed by atoms with Crippen molar-refractivity contribution in [1.29, 1.82) is 0 Å². The summed E-state index contributed by atoms with van der Waals surface area (Å²) in [4.78, 5) is 12.1. The highest BCUT2D eigenvalue weighted by atomic mass is 32.2. The minimum Gasteiger partial charge on any atom is -0.366 e. The van der Waals surface area contributed by atoms with E-state index in [1.165, 1.54) is 30.6 Å². The first-order valence-electron chi connectivity index (χ1n) is 5.32. The summed E-state index contributed by atoms with van der Waals surface area (Å²) >= 11 is 1.92. The van der Waals surface area contributed by atoms with Crippen LogP contribution in [0.4, 0.5) is 0 Å². The molecular formula is C12H15NOS. The topological polar surface area (TPSA) is 43.1 Å². The van der Waals surface area contributed by atoms with E-state index in [0.29, 0.717) is 5.56 Å². The zero-order chi connectivity index (χ0) is 10.7. The second kappa shape index (κ2) is 4.71. The zero-order valence-electron chi connectivity index (χ0n) is 8.61. The van der Waals surface area contributed by atoms with E-state index in [-0.39, 0.29) is 5.91 Å². The molecular weight excluding hydrogens is 206 g/mol. The SMILES string of the molecule is NC(=O)c1ccc(SC2CCCC2)cc1. The van der Waals surface area contributed by atoms with Crippen LogP contribution in [0.2, 0.25) is 0 Å². The van der Waals surface area contributed by atoms with Gasteiger partial charge in [0.05, 0.1) is 0 Å². The summed E-state index contributed by atoms with van der Waals surface area (Å²) in [6.45, 7) is 0. The van der Waals surface area contributed by atoms with Crippen LogP contribution in [0.1, 0.15) is 36.0 Å². The van der Waals surface area contributed by atoms with Crippen LogP contribution in [0, 0.1) is 0 Å². The van der Waals surface area contributed by atoms with Gasteiger partial charge in [0.2, 0.25) is 5.91 Å². The maximum atomic E-state index is 10.9. The molecule has 0 spiro atoms. The Labute approximate surface area is 94.2 Å². The molecule has 0 aromatic heterocycles. The number of carbonyl (C=O) groups excluding carboxylic acids is 1. The summed E-state index contributed by atoms with van der Waals surface area (Å²) < 4.78 is 0. The number of hydrogen-bond donors (Lipinski definition) is 1. The Morgan fingerprint density at radius 3 is 2.33 bits per heavy atom. The summed E-state index contributed by atoms with van der Waals surface area (Å²) in [5.74, 6) is -0.354. The Kier molecular flexibility index (Phi) is 3.31. The summed E-state index contributed by atoms with van der Waals surface area (Å²) in [5, 5.41) is 0.768. The van der Waals surface area contributed by atoms with Crippen LogP contribution in [0.15, 0.2) is 29.2 Å². The number of thioether (sulfide) groups is 1. The first-order chi connectivity index (χ1) is 7.25. The number of carbonyl (C=O) groups is 1. The van der Waals surface area contributed by atoms with Gasteiger partial charge in [-0.3, -0.25) is 4.79 Å². The highest BCUT2D eigenvalue weighted by molar-refractivity contribution is 8.00. The average Bonchev–Trinajstić information content (AvgIpc) is 2.71. The lowest BCUT2D eigenvalue weighted by Gasteiger charge is -2.08. The molecule has 1 aliphatic rings. The number of primary amides is 1. The Balaban J connectivity index is 2.00. The predicted octanol–water partition coefficient (Wildman–Crippen LogP) is 2.82. The second-order valence-electron chi connectivity index (χ2n) is 3.91. The van der Waals surface area contributed by atoms with Crippen LogP contribution in [0.25, 0.3) is 0 Å². The Morgan fingerprint density at radius 1 is 1.20 bits per heavy atom. The molecule has 0 aliphatic heterocycles. The van der Waals surface area contributed by atoms with Gasteiger partial charge in [0, 0.05) is 15.7 Å². The first kappa shape index (κ1) is 10.6. The van der Waals surface area contributed by atoms with E-state index < -0.39 is 0 Å². The van der Waals surface area contributed by atoms with Gasteiger partial charge in [-0.15, -0.1) is 11.8 Å². The number of amides is 1. The molecule has 2 rings (SSSR count). The van der Waals surface area contributed by atoms with Crippen LogP contribution in [0.3, 0.4) is 0 Å². The molecule has 1 saturated carbocycles. The van der Waals surface area contributed by atoms with Gasteiger partial charge in [0.1, 0.15) is 0 Å². The van der Waals surface area contributed by atoms with E-state index >= 15 is 0 Å². The Bertz CT molecular complexity index is 341. The molecule has 0 atom stereocenters. The first-order valence-corrected chi connectivity index (χ1v) is 6.20. The molecule has 80 valence electrons. The van der Waals surface area contributed by atoms with Crippen LogP contribution in [0.5, 0.6) is 0 Å². The number of rotatable bonds is 3. The minimum atomic E-state index is -0.354. The Hall–Kier alpha value is -0.960. The van der Waals surface area contributed by atoms with Crippen molar-refractivity contribution in [3.8, 4) is 0 Å². The van der Waals surface area contributed by atoms with E-state index in [0.717, 1.165) is 5.25 Å². The van der Waals surface area contributed by atoms with E-state index in [1.54, 1.807) is 12.1 Å². The van der Waals surface area contributed by atoms with Crippen molar-refractivity contribution in [2.75, 3.05) is 0 Å². The third-order valence-electron chi connectivity index (χ3n) is 2.74. The summed E-state index contributed by atoms with van der Waals surface area (Å²) in [6.07, 6.45) is 5.36.